The van der Waals surface area contributed by atoms with Gasteiger partial charge in [-0.15, -0.1) is 11.3 Å². The number of Topliss-reactive ketones (excluding diaryl/α,β-unsaturated/α-hetero) is 1. The third kappa shape index (κ3) is 6.59. The van der Waals surface area contributed by atoms with Gasteiger partial charge in [-0.3, -0.25) is 9.59 Å². The maximum atomic E-state index is 13.2. The number of ketones is 1. The average molecular weight is 507 g/mol. The number of amides is 1. The average Bonchev–Trinajstić information content (AvgIpc) is 3.22. The molecule has 7 nitrogen and oxygen atoms in total. The Morgan fingerprint density at radius 1 is 1.26 bits per heavy atom. The van der Waals surface area contributed by atoms with Crippen LogP contribution < -0.4 is 5.32 Å². The number of nitrogens with one attached hydrogen (secondary N) is 1. The number of rotatable bonds is 2. The molecule has 7 atom stereocenters. The molecule has 1 amide bonds. The van der Waals surface area contributed by atoms with Gasteiger partial charge in [0.25, 0.3) is 0 Å². The van der Waals surface area contributed by atoms with Crippen molar-refractivity contribution < 1.29 is 24.5 Å². The maximum Gasteiger partial charge on any atom is 0.223 e. The largest absolute Gasteiger partial charge is 0.392 e. The number of carbonyl (C=O) groups excluding carboxylic acids is 2. The van der Waals surface area contributed by atoms with E-state index in [0.29, 0.717) is 6.42 Å². The van der Waals surface area contributed by atoms with Crippen LogP contribution >= 0.6 is 11.3 Å². The fourth-order valence-electron chi connectivity index (χ4n) is 5.19. The lowest BCUT2D eigenvalue weighted by atomic mass is 9.72. The number of thiazole rings is 1. The predicted octanol–water partition coefficient (Wildman–Crippen LogP) is 4.05. The molecule has 0 saturated carbocycles. The Morgan fingerprint density at radius 2 is 1.94 bits per heavy atom. The van der Waals surface area contributed by atoms with Crippen molar-refractivity contribution in [1.29, 1.82) is 0 Å². The van der Waals surface area contributed by atoms with Crippen molar-refractivity contribution in [3.05, 3.63) is 21.7 Å². The molecule has 0 radical (unpaired) electrons. The van der Waals surface area contributed by atoms with Crippen LogP contribution in [0.15, 0.2) is 11.0 Å². The summed E-state index contributed by atoms with van der Waals surface area (Å²) in [6.45, 7) is 13.0. The summed E-state index contributed by atoms with van der Waals surface area (Å²) in [5.74, 6) is -1.24. The topological polar surface area (TPSA) is 112 Å². The highest BCUT2D eigenvalue weighted by Crippen LogP contribution is 2.44. The molecular weight excluding hydrogens is 464 g/mol. The van der Waals surface area contributed by atoms with Crippen LogP contribution in [0, 0.1) is 24.2 Å². The summed E-state index contributed by atoms with van der Waals surface area (Å²) in [4.78, 5) is 30.8. The van der Waals surface area contributed by atoms with E-state index >= 15 is 0 Å². The Balaban J connectivity index is 1.85. The van der Waals surface area contributed by atoms with Gasteiger partial charge in [0.05, 0.1) is 52.5 Å². The van der Waals surface area contributed by atoms with E-state index in [9.17, 15) is 19.8 Å². The predicted molar refractivity (Wildman–Crippen MR) is 138 cm³/mol. The molecule has 0 aromatic carbocycles. The second kappa shape index (κ2) is 10.8. The van der Waals surface area contributed by atoms with Gasteiger partial charge in [-0.25, -0.2) is 4.98 Å². The fourth-order valence-corrected chi connectivity index (χ4v) is 5.76. The van der Waals surface area contributed by atoms with E-state index in [2.05, 4.69) is 17.2 Å². The van der Waals surface area contributed by atoms with Crippen LogP contribution in [0.25, 0.3) is 6.08 Å². The first-order valence-electron chi connectivity index (χ1n) is 12.7. The SMILES string of the molecule is CC(=Cc1csc(C)n1)[C@@H]1C[C@@H]2O[C@]2(C)CCC[C@H](C)[C@H](O)[C@@H](C)C(=O)C(C)(C)[C@@H](O)CC(=O)N1. The van der Waals surface area contributed by atoms with Crippen LogP contribution in [0.5, 0.6) is 0 Å². The summed E-state index contributed by atoms with van der Waals surface area (Å²) >= 11 is 1.58. The molecule has 2 aliphatic heterocycles. The first-order chi connectivity index (χ1) is 16.2. The Kier molecular flexibility index (Phi) is 8.62. The molecule has 3 N–H and O–H groups in total. The molecule has 3 rings (SSSR count). The van der Waals surface area contributed by atoms with E-state index in [-0.39, 0.29) is 41.8 Å². The number of ether oxygens (including phenoxy) is 1. The van der Waals surface area contributed by atoms with Gasteiger partial charge in [0.2, 0.25) is 5.91 Å². The molecule has 2 saturated heterocycles. The number of aliphatic hydroxyl groups excluding tert-OH is 2. The highest BCUT2D eigenvalue weighted by Gasteiger charge is 2.52. The minimum Gasteiger partial charge on any atom is -0.392 e. The van der Waals surface area contributed by atoms with Crippen LogP contribution in [-0.4, -0.2) is 56.8 Å². The summed E-state index contributed by atoms with van der Waals surface area (Å²) < 4.78 is 6.10. The van der Waals surface area contributed by atoms with E-state index in [1.165, 1.54) is 0 Å². The van der Waals surface area contributed by atoms with E-state index < -0.39 is 23.5 Å². The number of fused-ring (bicyclic) bond motifs is 1. The summed E-state index contributed by atoms with van der Waals surface area (Å²) in [6.07, 6.45) is 2.99. The van der Waals surface area contributed by atoms with Crippen molar-refractivity contribution in [1.82, 2.24) is 10.3 Å². The Labute approximate surface area is 213 Å². The van der Waals surface area contributed by atoms with Gasteiger partial charge in [0.15, 0.2) is 0 Å². The van der Waals surface area contributed by atoms with Crippen molar-refractivity contribution >= 4 is 29.1 Å². The number of carbonyl (C=O) groups is 2. The lowest BCUT2D eigenvalue weighted by molar-refractivity contribution is -0.143. The Morgan fingerprint density at radius 3 is 2.57 bits per heavy atom. The summed E-state index contributed by atoms with van der Waals surface area (Å²) in [6, 6.07) is -0.269. The van der Waals surface area contributed by atoms with Crippen molar-refractivity contribution in [2.75, 3.05) is 0 Å². The number of hydrogen-bond donors (Lipinski definition) is 3. The standard InChI is InChI=1S/C27H42N2O5S/c1-15-9-8-10-27(7)22(34-27)12-20(16(2)11-19-14-35-18(4)28-19)29-23(31)13-21(30)26(5,6)25(33)17(3)24(15)32/h11,14-15,17,20-22,24,30,32H,8-10,12-13H2,1-7H3,(H,29,31)/t15-,17+,20-,21-,22-,24-,27+/m0/s1. The normalized spacial score (nSPS) is 37.5. The minimum atomic E-state index is -1.17. The number of aromatic nitrogens is 1. The smallest absolute Gasteiger partial charge is 0.223 e. The molecule has 2 fully saturated rings. The molecule has 0 unspecified atom stereocenters. The van der Waals surface area contributed by atoms with E-state index in [1.54, 1.807) is 32.1 Å². The molecule has 0 spiro atoms. The van der Waals surface area contributed by atoms with Crippen LogP contribution in [0.4, 0.5) is 0 Å². The lowest BCUT2D eigenvalue weighted by Crippen LogP contribution is -2.47. The van der Waals surface area contributed by atoms with E-state index in [0.717, 1.165) is 35.5 Å². The molecule has 1 aromatic heterocycles. The molecule has 1 aromatic rings. The Hall–Kier alpha value is -1.61. The highest BCUT2D eigenvalue weighted by molar-refractivity contribution is 7.09. The minimum absolute atomic E-state index is 0.0170. The summed E-state index contributed by atoms with van der Waals surface area (Å²) in [5, 5.41) is 27.8. The number of aliphatic hydroxyl groups is 2. The quantitative estimate of drug-likeness (QED) is 0.522. The third-order valence-corrected chi connectivity index (χ3v) is 8.86. The molecule has 0 aliphatic carbocycles. The van der Waals surface area contributed by atoms with Crippen molar-refractivity contribution in [2.45, 2.75) is 111 Å². The second-order valence-corrected chi connectivity index (χ2v) is 12.5. The highest BCUT2D eigenvalue weighted by atomic mass is 32.1. The van der Waals surface area contributed by atoms with Crippen molar-refractivity contribution in [3.63, 3.8) is 0 Å². The third-order valence-electron chi connectivity index (χ3n) is 8.07. The first-order valence-corrected chi connectivity index (χ1v) is 13.6. The van der Waals surface area contributed by atoms with Gasteiger partial charge < -0.3 is 20.3 Å². The van der Waals surface area contributed by atoms with Gasteiger partial charge in [0, 0.05) is 17.7 Å². The number of epoxide rings is 1. The van der Waals surface area contributed by atoms with Gasteiger partial charge in [0.1, 0.15) is 5.78 Å². The van der Waals surface area contributed by atoms with Gasteiger partial charge in [-0.05, 0) is 51.2 Å². The maximum absolute atomic E-state index is 13.2. The zero-order valence-electron chi connectivity index (χ0n) is 22.1. The van der Waals surface area contributed by atoms with Gasteiger partial charge >= 0.3 is 0 Å². The zero-order valence-corrected chi connectivity index (χ0v) is 22.9. The zero-order chi connectivity index (χ0) is 26.1. The monoisotopic (exact) mass is 506 g/mol. The van der Waals surface area contributed by atoms with E-state index in [1.807, 2.05) is 32.2 Å². The summed E-state index contributed by atoms with van der Waals surface area (Å²) in [5.41, 5.74) is 0.410. The molecule has 8 heteroatoms. The Bertz CT molecular complexity index is 957. The summed E-state index contributed by atoms with van der Waals surface area (Å²) in [7, 11) is 0. The molecule has 196 valence electrons. The van der Waals surface area contributed by atoms with Crippen LogP contribution in [0.1, 0.15) is 84.3 Å². The molecule has 0 bridgehead atoms. The molecule has 3 heterocycles. The van der Waals surface area contributed by atoms with Crippen molar-refractivity contribution in [3.8, 4) is 0 Å². The lowest BCUT2D eigenvalue weighted by Gasteiger charge is -2.34. The fraction of sp³-hybridized carbons (Fsp3) is 0.741. The van der Waals surface area contributed by atoms with E-state index in [4.69, 9.17) is 4.74 Å². The molecule has 2 aliphatic rings. The van der Waals surface area contributed by atoms with Crippen LogP contribution in [-0.2, 0) is 14.3 Å². The van der Waals surface area contributed by atoms with Crippen molar-refractivity contribution in [2.24, 2.45) is 17.3 Å². The van der Waals surface area contributed by atoms with Crippen LogP contribution in [0.3, 0.4) is 0 Å². The number of hydrogen-bond acceptors (Lipinski definition) is 7. The number of nitrogens with zero attached hydrogens (tertiary/aromatic N) is 1. The number of aryl methyl sites for hydroxylation is 1. The van der Waals surface area contributed by atoms with Crippen LogP contribution in [0.2, 0.25) is 0 Å². The van der Waals surface area contributed by atoms with Gasteiger partial charge in [-0.2, -0.15) is 0 Å². The second-order valence-electron chi connectivity index (χ2n) is 11.4. The van der Waals surface area contributed by atoms with Gasteiger partial charge in [-0.1, -0.05) is 34.1 Å². The molecular formula is C27H42N2O5S. The molecule has 35 heavy (non-hydrogen) atoms. The first kappa shape index (κ1) is 28.0.